The summed E-state index contributed by atoms with van der Waals surface area (Å²) in [6.45, 7) is 1.15. The fourth-order valence-corrected chi connectivity index (χ4v) is 4.37. The highest BCUT2D eigenvalue weighted by atomic mass is 16.6. The second-order valence-corrected chi connectivity index (χ2v) is 8.44. The van der Waals surface area contributed by atoms with Crippen molar-refractivity contribution in [2.24, 2.45) is 0 Å². The maximum atomic E-state index is 13.5. The van der Waals surface area contributed by atoms with Gasteiger partial charge in [0.25, 0.3) is 0 Å². The van der Waals surface area contributed by atoms with Crippen LogP contribution in [0, 0.1) is 0 Å². The molecule has 1 atom stereocenters. The molecule has 34 heavy (non-hydrogen) atoms. The number of amides is 1. The number of aromatic amines is 1. The lowest BCUT2D eigenvalue weighted by Gasteiger charge is -2.23. The van der Waals surface area contributed by atoms with Gasteiger partial charge in [0.1, 0.15) is 19.0 Å². The predicted octanol–water partition coefficient (Wildman–Crippen LogP) is 5.73. The molecule has 4 aromatic rings. The van der Waals surface area contributed by atoms with Crippen LogP contribution in [0.3, 0.4) is 0 Å². The summed E-state index contributed by atoms with van der Waals surface area (Å²) in [5, 5.41) is 0.792. The monoisotopic (exact) mass is 454 g/mol. The Hall–Kier alpha value is -4.06. The number of hydrogen-bond acceptors (Lipinski definition) is 4. The number of rotatable bonds is 7. The Balaban J connectivity index is 1.30. The Bertz CT molecular complexity index is 1280. The molecule has 0 aliphatic carbocycles. The van der Waals surface area contributed by atoms with Crippen LogP contribution in [0.4, 0.5) is 4.79 Å². The van der Waals surface area contributed by atoms with Gasteiger partial charge < -0.3 is 14.5 Å². The third kappa shape index (κ3) is 4.66. The predicted molar refractivity (Wildman–Crippen MR) is 130 cm³/mol. The lowest BCUT2D eigenvalue weighted by molar-refractivity contribution is 0.0739. The van der Waals surface area contributed by atoms with Gasteiger partial charge in [-0.25, -0.2) is 4.79 Å². The van der Waals surface area contributed by atoms with Crippen LogP contribution in [0.5, 0.6) is 5.75 Å². The Morgan fingerprint density at radius 3 is 2.35 bits per heavy atom. The summed E-state index contributed by atoms with van der Waals surface area (Å²) in [4.78, 5) is 31.0. The number of nitrogens with one attached hydrogen (secondary N) is 1. The molecule has 0 spiro atoms. The van der Waals surface area contributed by atoms with Gasteiger partial charge in [-0.15, -0.1) is 0 Å². The molecule has 0 bridgehead atoms. The van der Waals surface area contributed by atoms with Crippen molar-refractivity contribution >= 4 is 22.8 Å². The number of nitrogens with zero attached hydrogens (tertiary/aromatic N) is 1. The second-order valence-electron chi connectivity index (χ2n) is 8.44. The maximum absolute atomic E-state index is 13.5. The highest BCUT2D eigenvalue weighted by Crippen LogP contribution is 2.29. The maximum Gasteiger partial charge on any atom is 0.410 e. The minimum atomic E-state index is -0.531. The standard InChI is InChI=1S/C28H26N2O4/c31-27(26-12-7-15-30(26)28(32)34-19-21-10-5-2-6-11-21)24-17-29-25-14-13-22(16-23(24)25)33-18-20-8-3-1-4-9-20/h1-6,8-11,13-14,16-17,26,29H,7,12,15,18-19H2. The van der Waals surface area contributed by atoms with Gasteiger partial charge in [0.2, 0.25) is 0 Å². The number of likely N-dealkylation sites (tertiary alicyclic amines) is 1. The van der Waals surface area contributed by atoms with E-state index >= 15 is 0 Å². The van der Waals surface area contributed by atoms with Crippen molar-refractivity contribution in [3.63, 3.8) is 0 Å². The normalized spacial score (nSPS) is 15.4. The summed E-state index contributed by atoms with van der Waals surface area (Å²) in [6, 6.07) is 24.6. The van der Waals surface area contributed by atoms with Gasteiger partial charge in [0.05, 0.1) is 6.04 Å². The first-order chi connectivity index (χ1) is 16.7. The second kappa shape index (κ2) is 9.83. The first kappa shape index (κ1) is 21.8. The van der Waals surface area contributed by atoms with Crippen molar-refractivity contribution in [1.82, 2.24) is 9.88 Å². The average Bonchev–Trinajstić information content (AvgIpc) is 3.54. The smallest absolute Gasteiger partial charge is 0.410 e. The molecule has 172 valence electrons. The number of aromatic nitrogens is 1. The number of carbonyl (C=O) groups is 2. The molecule has 1 unspecified atom stereocenters. The van der Waals surface area contributed by atoms with E-state index in [4.69, 9.17) is 9.47 Å². The lowest BCUT2D eigenvalue weighted by atomic mass is 10.0. The molecule has 1 fully saturated rings. The van der Waals surface area contributed by atoms with E-state index in [0.717, 1.165) is 28.5 Å². The Morgan fingerprint density at radius 1 is 0.912 bits per heavy atom. The van der Waals surface area contributed by atoms with Crippen LogP contribution >= 0.6 is 0 Å². The largest absolute Gasteiger partial charge is 0.489 e. The molecular formula is C28H26N2O4. The molecule has 5 rings (SSSR count). The topological polar surface area (TPSA) is 71.6 Å². The number of benzene rings is 3. The first-order valence-corrected chi connectivity index (χ1v) is 11.5. The van der Waals surface area contributed by atoms with Crippen LogP contribution in [0.2, 0.25) is 0 Å². The number of ether oxygens (including phenoxy) is 2. The minimum absolute atomic E-state index is 0.0828. The van der Waals surface area contributed by atoms with Gasteiger partial charge in [-0.1, -0.05) is 60.7 Å². The minimum Gasteiger partial charge on any atom is -0.489 e. The van der Waals surface area contributed by atoms with E-state index in [9.17, 15) is 9.59 Å². The van der Waals surface area contributed by atoms with Crippen molar-refractivity contribution in [3.8, 4) is 5.75 Å². The van der Waals surface area contributed by atoms with Crippen molar-refractivity contribution < 1.29 is 19.1 Å². The molecule has 1 aliphatic rings. The van der Waals surface area contributed by atoms with Gasteiger partial charge in [0, 0.05) is 29.2 Å². The van der Waals surface area contributed by atoms with E-state index in [2.05, 4.69) is 4.98 Å². The van der Waals surface area contributed by atoms with Crippen molar-refractivity contribution in [2.45, 2.75) is 32.1 Å². The molecule has 0 saturated carbocycles. The average molecular weight is 455 g/mol. The Labute approximate surface area is 198 Å². The third-order valence-electron chi connectivity index (χ3n) is 6.16. The zero-order chi connectivity index (χ0) is 23.3. The molecule has 1 aliphatic heterocycles. The van der Waals surface area contributed by atoms with Crippen molar-refractivity contribution in [1.29, 1.82) is 0 Å². The molecular weight excluding hydrogens is 428 g/mol. The van der Waals surface area contributed by atoms with Gasteiger partial charge in [-0.3, -0.25) is 9.69 Å². The summed E-state index contributed by atoms with van der Waals surface area (Å²) >= 11 is 0. The quantitative estimate of drug-likeness (QED) is 0.362. The van der Waals surface area contributed by atoms with Crippen LogP contribution in [-0.4, -0.2) is 34.3 Å². The van der Waals surface area contributed by atoms with Crippen LogP contribution in [-0.2, 0) is 18.0 Å². The van der Waals surface area contributed by atoms with Gasteiger partial charge in [-0.05, 0) is 42.2 Å². The SMILES string of the molecule is O=C(c1c[nH]c2ccc(OCc3ccccc3)cc12)C1CCCN1C(=O)OCc1ccccc1. The summed E-state index contributed by atoms with van der Waals surface area (Å²) < 4.78 is 11.5. The van der Waals surface area contributed by atoms with Gasteiger partial charge in [-0.2, -0.15) is 0 Å². The molecule has 1 N–H and O–H groups in total. The summed E-state index contributed by atoms with van der Waals surface area (Å²) in [5.74, 6) is 0.608. The van der Waals surface area contributed by atoms with Crippen molar-refractivity contribution in [2.75, 3.05) is 6.54 Å². The van der Waals surface area contributed by atoms with E-state index in [1.807, 2.05) is 78.9 Å². The number of fused-ring (bicyclic) bond motifs is 1. The number of ketones is 1. The first-order valence-electron chi connectivity index (χ1n) is 11.5. The summed E-state index contributed by atoms with van der Waals surface area (Å²) in [7, 11) is 0. The van der Waals surface area contributed by atoms with Crippen molar-refractivity contribution in [3.05, 3.63) is 102 Å². The third-order valence-corrected chi connectivity index (χ3v) is 6.16. The number of carbonyl (C=O) groups excluding carboxylic acids is 2. The van der Waals surface area contributed by atoms with E-state index in [-0.39, 0.29) is 12.4 Å². The van der Waals surface area contributed by atoms with Gasteiger partial charge in [0.15, 0.2) is 5.78 Å². The number of Topliss-reactive ketones (excluding diaryl/α,β-unsaturated/α-hetero) is 1. The molecule has 0 radical (unpaired) electrons. The Morgan fingerprint density at radius 2 is 1.62 bits per heavy atom. The lowest BCUT2D eigenvalue weighted by Crippen LogP contribution is -2.40. The fourth-order valence-electron chi connectivity index (χ4n) is 4.37. The fraction of sp³-hybridized carbons (Fsp3) is 0.214. The molecule has 3 aromatic carbocycles. The molecule has 2 heterocycles. The van der Waals surface area contributed by atoms with Crippen LogP contribution in [0.25, 0.3) is 10.9 Å². The summed E-state index contributed by atoms with van der Waals surface area (Å²) in [6.07, 6.45) is 2.66. The van der Waals surface area contributed by atoms with E-state index in [1.165, 1.54) is 0 Å². The van der Waals surface area contributed by atoms with E-state index < -0.39 is 12.1 Å². The van der Waals surface area contributed by atoms with Crippen LogP contribution < -0.4 is 4.74 Å². The molecule has 1 amide bonds. The summed E-state index contributed by atoms with van der Waals surface area (Å²) in [5.41, 5.74) is 3.40. The highest BCUT2D eigenvalue weighted by Gasteiger charge is 2.36. The zero-order valence-corrected chi connectivity index (χ0v) is 18.8. The molecule has 6 nitrogen and oxygen atoms in total. The highest BCUT2D eigenvalue weighted by molar-refractivity contribution is 6.11. The van der Waals surface area contributed by atoms with E-state index in [0.29, 0.717) is 30.9 Å². The number of hydrogen-bond donors (Lipinski definition) is 1. The Kier molecular flexibility index (Phi) is 6.29. The molecule has 1 aromatic heterocycles. The molecule has 6 heteroatoms. The van der Waals surface area contributed by atoms with Crippen LogP contribution in [0.15, 0.2) is 85.1 Å². The van der Waals surface area contributed by atoms with E-state index in [1.54, 1.807) is 11.1 Å². The number of H-pyrrole nitrogens is 1. The zero-order valence-electron chi connectivity index (χ0n) is 18.8. The van der Waals surface area contributed by atoms with Gasteiger partial charge >= 0.3 is 6.09 Å². The molecule has 1 saturated heterocycles. The van der Waals surface area contributed by atoms with Crippen LogP contribution in [0.1, 0.15) is 34.3 Å².